The van der Waals surface area contributed by atoms with Gasteiger partial charge in [0.25, 0.3) is 0 Å². The molecule has 88 valence electrons. The standard InChI is InChI=1S/C14H20FN/c1-9-7-12(14(2,3)4)13(15)10-5-6-16-8-11(9)10/h7,16H,5-6,8H2,1-4H3. The van der Waals surface area contributed by atoms with Crippen LogP contribution in [0.25, 0.3) is 0 Å². The number of nitrogens with one attached hydrogen (secondary N) is 1. The third kappa shape index (κ3) is 1.86. The Morgan fingerprint density at radius 3 is 2.56 bits per heavy atom. The van der Waals surface area contributed by atoms with Gasteiger partial charge in [-0.3, -0.25) is 0 Å². The molecule has 1 aliphatic heterocycles. The number of hydrogen-bond donors (Lipinski definition) is 1. The van der Waals surface area contributed by atoms with Gasteiger partial charge in [-0.05, 0) is 47.6 Å². The zero-order valence-electron chi connectivity index (χ0n) is 10.6. The van der Waals surface area contributed by atoms with E-state index < -0.39 is 0 Å². The van der Waals surface area contributed by atoms with E-state index in [2.05, 4.69) is 33.0 Å². The molecule has 0 aromatic heterocycles. The lowest BCUT2D eigenvalue weighted by molar-refractivity contribution is 0.501. The summed E-state index contributed by atoms with van der Waals surface area (Å²) < 4.78 is 14.4. The second-order valence-electron chi connectivity index (χ2n) is 5.69. The number of aryl methyl sites for hydroxylation is 1. The van der Waals surface area contributed by atoms with Gasteiger partial charge in [-0.15, -0.1) is 0 Å². The van der Waals surface area contributed by atoms with Crippen molar-refractivity contribution in [3.63, 3.8) is 0 Å². The summed E-state index contributed by atoms with van der Waals surface area (Å²) in [4.78, 5) is 0. The number of halogens is 1. The summed E-state index contributed by atoms with van der Waals surface area (Å²) in [6.07, 6.45) is 0.811. The molecule has 2 rings (SSSR count). The van der Waals surface area contributed by atoms with Crippen molar-refractivity contribution in [1.82, 2.24) is 5.32 Å². The van der Waals surface area contributed by atoms with Crippen LogP contribution in [-0.4, -0.2) is 6.54 Å². The van der Waals surface area contributed by atoms with Crippen LogP contribution < -0.4 is 5.32 Å². The lowest BCUT2D eigenvalue weighted by atomic mass is 9.82. The minimum absolute atomic E-state index is 0.0228. The van der Waals surface area contributed by atoms with Crippen molar-refractivity contribution in [2.45, 2.75) is 46.1 Å². The third-order valence-corrected chi connectivity index (χ3v) is 3.36. The maximum absolute atomic E-state index is 14.4. The summed E-state index contributed by atoms with van der Waals surface area (Å²) in [7, 11) is 0. The molecule has 1 nitrogen and oxygen atoms in total. The minimum atomic E-state index is -0.116. The van der Waals surface area contributed by atoms with E-state index >= 15 is 0 Å². The summed E-state index contributed by atoms with van der Waals surface area (Å²) in [6.45, 7) is 9.98. The van der Waals surface area contributed by atoms with Crippen molar-refractivity contribution in [2.75, 3.05) is 6.54 Å². The third-order valence-electron chi connectivity index (χ3n) is 3.36. The lowest BCUT2D eigenvalue weighted by Gasteiger charge is -2.27. The fraction of sp³-hybridized carbons (Fsp3) is 0.571. The maximum atomic E-state index is 14.4. The monoisotopic (exact) mass is 221 g/mol. The predicted molar refractivity (Wildman–Crippen MR) is 65.2 cm³/mol. The molecule has 1 N–H and O–H groups in total. The molecule has 1 aromatic rings. The molecule has 0 unspecified atom stereocenters. The van der Waals surface area contributed by atoms with E-state index in [1.807, 2.05) is 6.07 Å². The van der Waals surface area contributed by atoms with E-state index in [9.17, 15) is 4.39 Å². The molecule has 1 aromatic carbocycles. The summed E-state index contributed by atoms with van der Waals surface area (Å²) in [5.41, 5.74) is 4.05. The molecule has 0 bridgehead atoms. The average molecular weight is 221 g/mol. The van der Waals surface area contributed by atoms with Gasteiger partial charge in [-0.25, -0.2) is 4.39 Å². The van der Waals surface area contributed by atoms with Crippen LogP contribution in [0.1, 0.15) is 43.0 Å². The van der Waals surface area contributed by atoms with E-state index in [1.54, 1.807) is 0 Å². The van der Waals surface area contributed by atoms with Gasteiger partial charge in [-0.1, -0.05) is 26.8 Å². The highest BCUT2D eigenvalue weighted by molar-refractivity contribution is 5.43. The molecule has 1 aliphatic rings. The molecule has 0 fully saturated rings. The fourth-order valence-electron chi connectivity index (χ4n) is 2.38. The van der Waals surface area contributed by atoms with Crippen LogP contribution in [0.5, 0.6) is 0 Å². The van der Waals surface area contributed by atoms with Crippen LogP contribution in [0.4, 0.5) is 4.39 Å². The second-order valence-corrected chi connectivity index (χ2v) is 5.69. The summed E-state index contributed by atoms with van der Waals surface area (Å²) in [5.74, 6) is 0.0228. The van der Waals surface area contributed by atoms with E-state index in [0.717, 1.165) is 36.2 Å². The first-order chi connectivity index (χ1) is 7.41. The SMILES string of the molecule is Cc1cc(C(C)(C)C)c(F)c2c1CNCC2. The first-order valence-electron chi connectivity index (χ1n) is 5.93. The molecular weight excluding hydrogens is 201 g/mol. The van der Waals surface area contributed by atoms with Crippen LogP contribution in [0.2, 0.25) is 0 Å². The first-order valence-corrected chi connectivity index (χ1v) is 5.93. The van der Waals surface area contributed by atoms with Gasteiger partial charge >= 0.3 is 0 Å². The van der Waals surface area contributed by atoms with Crippen molar-refractivity contribution < 1.29 is 4.39 Å². The largest absolute Gasteiger partial charge is 0.312 e. The molecule has 0 spiro atoms. The van der Waals surface area contributed by atoms with Crippen molar-refractivity contribution in [2.24, 2.45) is 0 Å². The Hall–Kier alpha value is -0.890. The summed E-state index contributed by atoms with van der Waals surface area (Å²) >= 11 is 0. The van der Waals surface area contributed by atoms with Gasteiger partial charge < -0.3 is 5.32 Å². The van der Waals surface area contributed by atoms with Gasteiger partial charge in [0.15, 0.2) is 0 Å². The van der Waals surface area contributed by atoms with E-state index in [0.29, 0.717) is 0 Å². The van der Waals surface area contributed by atoms with E-state index in [1.165, 1.54) is 5.56 Å². The highest BCUT2D eigenvalue weighted by atomic mass is 19.1. The summed E-state index contributed by atoms with van der Waals surface area (Å²) in [5, 5.41) is 3.30. The van der Waals surface area contributed by atoms with Crippen LogP contribution in [0.15, 0.2) is 6.07 Å². The Morgan fingerprint density at radius 1 is 1.25 bits per heavy atom. The van der Waals surface area contributed by atoms with Crippen LogP contribution in [0.3, 0.4) is 0 Å². The first kappa shape index (κ1) is 11.6. The molecule has 1 heterocycles. The lowest BCUT2D eigenvalue weighted by Crippen LogP contribution is -2.27. The Morgan fingerprint density at radius 2 is 1.94 bits per heavy atom. The molecule has 0 saturated heterocycles. The zero-order chi connectivity index (χ0) is 11.9. The van der Waals surface area contributed by atoms with Crippen LogP contribution in [-0.2, 0) is 18.4 Å². The van der Waals surface area contributed by atoms with Crippen molar-refractivity contribution in [3.05, 3.63) is 34.1 Å². The fourth-order valence-corrected chi connectivity index (χ4v) is 2.38. The zero-order valence-corrected chi connectivity index (χ0v) is 10.6. The Bertz CT molecular complexity index is 416. The number of fused-ring (bicyclic) bond motifs is 1. The predicted octanol–water partition coefficient (Wildman–Crippen LogP) is 3.08. The molecule has 0 radical (unpaired) electrons. The second kappa shape index (κ2) is 3.85. The van der Waals surface area contributed by atoms with Gasteiger partial charge in [0.05, 0.1) is 0 Å². The quantitative estimate of drug-likeness (QED) is 0.710. The molecule has 0 amide bonds. The van der Waals surface area contributed by atoms with Gasteiger partial charge in [0.1, 0.15) is 5.82 Å². The normalized spacial score (nSPS) is 16.1. The van der Waals surface area contributed by atoms with Gasteiger partial charge in [0, 0.05) is 6.54 Å². The topological polar surface area (TPSA) is 12.0 Å². The maximum Gasteiger partial charge on any atom is 0.130 e. The molecule has 0 atom stereocenters. The number of rotatable bonds is 0. The number of benzene rings is 1. The number of hydrogen-bond acceptors (Lipinski definition) is 1. The Labute approximate surface area is 97.1 Å². The summed E-state index contributed by atoms with van der Waals surface area (Å²) in [6, 6.07) is 2.02. The van der Waals surface area contributed by atoms with Crippen molar-refractivity contribution >= 4 is 0 Å². The van der Waals surface area contributed by atoms with Crippen LogP contribution >= 0.6 is 0 Å². The van der Waals surface area contributed by atoms with Crippen molar-refractivity contribution in [3.8, 4) is 0 Å². The molecule has 0 aliphatic carbocycles. The highest BCUT2D eigenvalue weighted by Gasteiger charge is 2.24. The van der Waals surface area contributed by atoms with E-state index in [-0.39, 0.29) is 11.2 Å². The molecule has 0 saturated carbocycles. The van der Waals surface area contributed by atoms with Crippen molar-refractivity contribution in [1.29, 1.82) is 0 Å². The van der Waals surface area contributed by atoms with Gasteiger partial charge in [0.2, 0.25) is 0 Å². The van der Waals surface area contributed by atoms with E-state index in [4.69, 9.17) is 0 Å². The molecule has 2 heteroatoms. The minimum Gasteiger partial charge on any atom is -0.312 e. The van der Waals surface area contributed by atoms with Gasteiger partial charge in [-0.2, -0.15) is 0 Å². The van der Waals surface area contributed by atoms with Crippen LogP contribution in [0, 0.1) is 12.7 Å². The Kier molecular flexibility index (Phi) is 2.79. The molecule has 16 heavy (non-hydrogen) atoms. The highest BCUT2D eigenvalue weighted by Crippen LogP contribution is 2.31. The Balaban J connectivity index is 2.63. The smallest absolute Gasteiger partial charge is 0.130 e. The average Bonchev–Trinajstić information content (AvgIpc) is 2.22. The molecular formula is C14H20FN.